The van der Waals surface area contributed by atoms with Crippen molar-refractivity contribution >= 4 is 34.6 Å². The Labute approximate surface area is 287 Å². The van der Waals surface area contributed by atoms with Gasteiger partial charge in [-0.15, -0.1) is 0 Å². The molecular weight excluding hydrogens is 622 g/mol. The summed E-state index contributed by atoms with van der Waals surface area (Å²) in [5.41, 5.74) is 15.0. The molecule has 1 amide bonds. The molecule has 0 aliphatic carbocycles. The summed E-state index contributed by atoms with van der Waals surface area (Å²) in [6.07, 6.45) is 5.06. The van der Waals surface area contributed by atoms with Crippen molar-refractivity contribution in [3.63, 3.8) is 0 Å². The van der Waals surface area contributed by atoms with Gasteiger partial charge in [-0.3, -0.25) is 4.57 Å². The van der Waals surface area contributed by atoms with Crippen LogP contribution < -0.4 is 31.6 Å². The lowest BCUT2D eigenvalue weighted by atomic mass is 9.89. The molecule has 2 aromatic heterocycles. The Morgan fingerprint density at radius 1 is 1.00 bits per heavy atom. The first-order valence-electron chi connectivity index (χ1n) is 16.5. The van der Waals surface area contributed by atoms with Crippen molar-refractivity contribution in [3.8, 4) is 17.2 Å². The van der Waals surface area contributed by atoms with E-state index in [1.165, 1.54) is 5.56 Å². The highest BCUT2D eigenvalue weighted by Crippen LogP contribution is 2.36. The minimum Gasteiger partial charge on any atom is -0.490 e. The highest BCUT2D eigenvalue weighted by molar-refractivity contribution is 5.97. The summed E-state index contributed by atoms with van der Waals surface area (Å²) >= 11 is 0. The average Bonchev–Trinajstić information content (AvgIpc) is 3.49. The van der Waals surface area contributed by atoms with Crippen molar-refractivity contribution in [1.82, 2.24) is 19.8 Å². The summed E-state index contributed by atoms with van der Waals surface area (Å²) in [5.74, 6) is 3.48. The van der Waals surface area contributed by atoms with E-state index in [-0.39, 0.29) is 12.8 Å². The van der Waals surface area contributed by atoms with Gasteiger partial charge < -0.3 is 41.2 Å². The second kappa shape index (κ2) is 15.7. The maximum atomic E-state index is 12.4. The third-order valence-corrected chi connectivity index (χ3v) is 7.99. The lowest BCUT2D eigenvalue weighted by Crippen LogP contribution is -2.41. The summed E-state index contributed by atoms with van der Waals surface area (Å²) in [6, 6.07) is 17.5. The number of aromatic nitrogens is 2. The first kappa shape index (κ1) is 35.0. The number of nitrogens with zero attached hydrogens (tertiary/aromatic N) is 5. The van der Waals surface area contributed by atoms with Crippen LogP contribution in [0.4, 0.5) is 10.6 Å². The number of carbonyl (C=O) groups is 1. The third-order valence-electron chi connectivity index (χ3n) is 7.99. The summed E-state index contributed by atoms with van der Waals surface area (Å²) in [4.78, 5) is 27.4. The van der Waals surface area contributed by atoms with Gasteiger partial charge in [0.05, 0.1) is 18.8 Å². The molecule has 13 heteroatoms. The largest absolute Gasteiger partial charge is 0.490 e. The number of likely N-dealkylation sites (tertiary alicyclic amines) is 1. The van der Waals surface area contributed by atoms with E-state index in [2.05, 4.69) is 37.7 Å². The zero-order valence-corrected chi connectivity index (χ0v) is 28.9. The van der Waals surface area contributed by atoms with Gasteiger partial charge in [0.15, 0.2) is 11.5 Å². The Morgan fingerprint density at radius 2 is 1.76 bits per heavy atom. The number of amides is 1. The SMILES string of the molecule is CCOc1cc2c(ccn2C(N)=NCNC)cc1Oc1ccnc(NCN=C(N)c2ccc(C3CCN(C(=O)OC(C)(C)C)CC3)cc2)c1. The van der Waals surface area contributed by atoms with Crippen molar-refractivity contribution in [2.75, 3.05) is 45.4 Å². The molecule has 1 saturated heterocycles. The number of ether oxygens (including phenoxy) is 3. The van der Waals surface area contributed by atoms with Crippen LogP contribution in [0.25, 0.3) is 10.9 Å². The average molecular weight is 670 g/mol. The number of hydrogen-bond acceptors (Lipinski definition) is 9. The number of anilines is 1. The van der Waals surface area contributed by atoms with Crippen LogP contribution in [0.3, 0.4) is 0 Å². The maximum absolute atomic E-state index is 12.4. The van der Waals surface area contributed by atoms with E-state index in [0.717, 1.165) is 29.3 Å². The molecule has 4 aromatic rings. The molecule has 0 radical (unpaired) electrons. The molecule has 0 unspecified atom stereocenters. The summed E-state index contributed by atoms with van der Waals surface area (Å²) in [7, 11) is 1.81. The molecule has 6 N–H and O–H groups in total. The molecule has 49 heavy (non-hydrogen) atoms. The van der Waals surface area contributed by atoms with Gasteiger partial charge in [-0.05, 0) is 77.3 Å². The van der Waals surface area contributed by atoms with Gasteiger partial charge in [0.25, 0.3) is 0 Å². The lowest BCUT2D eigenvalue weighted by Gasteiger charge is -2.33. The van der Waals surface area contributed by atoms with E-state index in [9.17, 15) is 4.79 Å². The highest BCUT2D eigenvalue weighted by Gasteiger charge is 2.27. The number of nitrogens with one attached hydrogen (secondary N) is 2. The molecule has 13 nitrogen and oxygen atoms in total. The highest BCUT2D eigenvalue weighted by atomic mass is 16.6. The summed E-state index contributed by atoms with van der Waals surface area (Å²) in [5, 5.41) is 7.09. The molecule has 2 aromatic carbocycles. The minimum atomic E-state index is -0.493. The van der Waals surface area contributed by atoms with E-state index in [1.807, 2.05) is 75.8 Å². The number of piperidine rings is 1. The number of pyridine rings is 1. The van der Waals surface area contributed by atoms with Crippen LogP contribution in [0.15, 0.2) is 77.0 Å². The van der Waals surface area contributed by atoms with Gasteiger partial charge in [-0.25, -0.2) is 19.8 Å². The number of fused-ring (bicyclic) bond motifs is 1. The predicted octanol–water partition coefficient (Wildman–Crippen LogP) is 5.46. The van der Waals surface area contributed by atoms with Crippen LogP contribution in [0.2, 0.25) is 0 Å². The Balaban J connectivity index is 1.18. The van der Waals surface area contributed by atoms with Gasteiger partial charge in [-0.1, -0.05) is 24.3 Å². The Bertz CT molecular complexity index is 1790. The molecule has 5 rings (SSSR count). The van der Waals surface area contributed by atoms with E-state index in [1.54, 1.807) is 23.2 Å². The van der Waals surface area contributed by atoms with E-state index < -0.39 is 5.60 Å². The monoisotopic (exact) mass is 669 g/mol. The van der Waals surface area contributed by atoms with Crippen LogP contribution >= 0.6 is 0 Å². The minimum absolute atomic E-state index is 0.230. The molecule has 0 spiro atoms. The van der Waals surface area contributed by atoms with Crippen LogP contribution in [0.5, 0.6) is 17.2 Å². The molecule has 3 heterocycles. The number of carbonyl (C=O) groups excluding carboxylic acids is 1. The van der Waals surface area contributed by atoms with E-state index in [0.29, 0.717) is 67.1 Å². The van der Waals surface area contributed by atoms with Gasteiger partial charge in [-0.2, -0.15) is 0 Å². The first-order valence-corrected chi connectivity index (χ1v) is 16.5. The van der Waals surface area contributed by atoms with Crippen molar-refractivity contribution in [2.24, 2.45) is 21.5 Å². The zero-order valence-electron chi connectivity index (χ0n) is 28.9. The summed E-state index contributed by atoms with van der Waals surface area (Å²) in [6.45, 7) is 10.0. The van der Waals surface area contributed by atoms with E-state index in [4.69, 9.17) is 25.7 Å². The lowest BCUT2D eigenvalue weighted by molar-refractivity contribution is 0.0205. The third kappa shape index (κ3) is 9.20. The Kier molecular flexibility index (Phi) is 11.2. The molecule has 1 aliphatic rings. The van der Waals surface area contributed by atoms with Crippen molar-refractivity contribution < 1.29 is 19.0 Å². The molecular formula is C36H47N9O4. The fourth-order valence-electron chi connectivity index (χ4n) is 5.57. The van der Waals surface area contributed by atoms with Crippen LogP contribution in [-0.2, 0) is 4.74 Å². The van der Waals surface area contributed by atoms with Crippen LogP contribution in [0, 0.1) is 0 Å². The van der Waals surface area contributed by atoms with E-state index >= 15 is 0 Å². The zero-order chi connectivity index (χ0) is 35.0. The fourth-order valence-corrected chi connectivity index (χ4v) is 5.57. The Hall–Kier alpha value is -5.30. The quantitative estimate of drug-likeness (QED) is 0.120. The first-order chi connectivity index (χ1) is 23.5. The van der Waals surface area contributed by atoms with Crippen molar-refractivity contribution in [3.05, 3.63) is 78.1 Å². The van der Waals surface area contributed by atoms with Crippen molar-refractivity contribution in [1.29, 1.82) is 0 Å². The molecule has 0 bridgehead atoms. The smallest absolute Gasteiger partial charge is 0.410 e. The number of hydrogen-bond donors (Lipinski definition) is 4. The van der Waals surface area contributed by atoms with Gasteiger partial charge in [0.1, 0.15) is 29.7 Å². The summed E-state index contributed by atoms with van der Waals surface area (Å²) < 4.78 is 19.5. The standard InChI is InChI=1S/C36H47N9O4/c1-6-47-30-21-29-27(14-18-45(29)34(38)43-22-39-5)19-31(30)48-28-11-15-40-32(20-28)41-23-42-33(37)26-9-7-24(8-10-26)25-12-16-44(17-13-25)35(46)49-36(2,3)4/h7-11,14-15,18-21,25,39H,6,12-13,16-17,22-23H2,1-5H3,(H2,37,42)(H2,38,43)(H,40,41). The maximum Gasteiger partial charge on any atom is 0.410 e. The second-order valence-corrected chi connectivity index (χ2v) is 12.7. The number of aliphatic imine (C=N–C) groups is 2. The number of benzene rings is 2. The van der Waals surface area contributed by atoms with Gasteiger partial charge >= 0.3 is 6.09 Å². The number of nitrogens with two attached hydrogens (primary N) is 2. The fraction of sp³-hybridized carbons (Fsp3) is 0.389. The van der Waals surface area contributed by atoms with Crippen molar-refractivity contribution in [2.45, 2.75) is 52.1 Å². The molecule has 260 valence electrons. The van der Waals surface area contributed by atoms with Crippen LogP contribution in [-0.4, -0.2) is 78.0 Å². The molecule has 0 saturated carbocycles. The molecule has 1 fully saturated rings. The second-order valence-electron chi connectivity index (χ2n) is 12.7. The Morgan fingerprint density at radius 3 is 2.45 bits per heavy atom. The number of amidine groups is 1. The molecule has 0 atom stereocenters. The topological polar surface area (TPSA) is 167 Å². The van der Waals surface area contributed by atoms with Gasteiger partial charge in [0.2, 0.25) is 5.96 Å². The van der Waals surface area contributed by atoms with Crippen LogP contribution in [0.1, 0.15) is 57.6 Å². The predicted molar refractivity (Wildman–Crippen MR) is 194 cm³/mol. The normalized spacial score (nSPS) is 14.6. The number of rotatable bonds is 11. The molecule has 1 aliphatic heterocycles. The van der Waals surface area contributed by atoms with Gasteiger partial charge in [0, 0.05) is 48.6 Å².